The fourth-order valence-electron chi connectivity index (χ4n) is 4.23. The number of aromatic nitrogens is 4. The van der Waals surface area contributed by atoms with Gasteiger partial charge in [-0.1, -0.05) is 43.3 Å². The van der Waals surface area contributed by atoms with Crippen molar-refractivity contribution in [3.05, 3.63) is 72.3 Å². The molecule has 3 heterocycles. The van der Waals surface area contributed by atoms with Crippen molar-refractivity contribution in [2.75, 3.05) is 12.3 Å². The molecule has 0 aliphatic carbocycles. The molecule has 4 unspecified atom stereocenters. The zero-order chi connectivity index (χ0) is 24.5. The van der Waals surface area contributed by atoms with Crippen LogP contribution in [0, 0.1) is 0 Å². The van der Waals surface area contributed by atoms with Crippen LogP contribution in [-0.2, 0) is 11.2 Å². The quantitative estimate of drug-likeness (QED) is 0.330. The number of amides is 1. The molecule has 10 heteroatoms. The molecule has 180 valence electrons. The number of rotatable bonds is 6. The predicted molar refractivity (Wildman–Crippen MR) is 129 cm³/mol. The number of benzene rings is 2. The lowest BCUT2D eigenvalue weighted by Gasteiger charge is -2.16. The molecule has 1 aliphatic heterocycles. The highest BCUT2D eigenvalue weighted by Crippen LogP contribution is 2.31. The largest absolute Gasteiger partial charge is 0.387 e. The summed E-state index contributed by atoms with van der Waals surface area (Å²) in [5.41, 5.74) is 10.4. The van der Waals surface area contributed by atoms with Crippen LogP contribution in [0.3, 0.4) is 0 Å². The van der Waals surface area contributed by atoms with E-state index in [4.69, 9.17) is 10.5 Å². The van der Waals surface area contributed by atoms with Crippen molar-refractivity contribution in [3.8, 4) is 11.1 Å². The van der Waals surface area contributed by atoms with Crippen LogP contribution < -0.4 is 11.1 Å². The third-order valence-electron chi connectivity index (χ3n) is 6.30. The van der Waals surface area contributed by atoms with E-state index in [0.29, 0.717) is 16.7 Å². The molecule has 4 aromatic rings. The average molecular weight is 475 g/mol. The number of fused-ring (bicyclic) bond motifs is 1. The monoisotopic (exact) mass is 474 g/mol. The lowest BCUT2D eigenvalue weighted by molar-refractivity contribution is -0.0337. The van der Waals surface area contributed by atoms with E-state index in [1.54, 1.807) is 12.1 Å². The van der Waals surface area contributed by atoms with Gasteiger partial charge >= 0.3 is 0 Å². The highest BCUT2D eigenvalue weighted by Gasteiger charge is 2.44. The number of carbonyl (C=O) groups is 1. The summed E-state index contributed by atoms with van der Waals surface area (Å²) in [6.07, 6.45) is -0.532. The van der Waals surface area contributed by atoms with Crippen LogP contribution in [0.1, 0.15) is 29.1 Å². The van der Waals surface area contributed by atoms with Gasteiger partial charge in [-0.15, -0.1) is 0 Å². The number of aliphatic hydroxyl groups excluding tert-OH is 2. The molecule has 0 saturated carbocycles. The average Bonchev–Trinajstić information content (AvgIpc) is 3.44. The standard InChI is InChI=1S/C25H26N6O4/c1-2-14-3-5-15(6-4-14)16-7-9-17(10-8-16)24(34)27-11-18-20(32)21(33)25(35-18)31-13-30-19-22(26)28-12-29-23(19)31/h3-10,12-13,18,20-21,25,32-33H,2,11H2,1H3,(H,27,34)(H2,26,28,29). The minimum atomic E-state index is -1.25. The summed E-state index contributed by atoms with van der Waals surface area (Å²) in [6, 6.07) is 15.6. The van der Waals surface area contributed by atoms with Crippen LogP contribution in [0.15, 0.2) is 61.2 Å². The maximum absolute atomic E-state index is 12.7. The molecule has 5 N–H and O–H groups in total. The van der Waals surface area contributed by atoms with Crippen molar-refractivity contribution < 1.29 is 19.7 Å². The molecular formula is C25H26N6O4. The van der Waals surface area contributed by atoms with Crippen molar-refractivity contribution in [2.24, 2.45) is 0 Å². The number of anilines is 1. The van der Waals surface area contributed by atoms with Crippen molar-refractivity contribution in [1.82, 2.24) is 24.8 Å². The summed E-state index contributed by atoms with van der Waals surface area (Å²) >= 11 is 0. The topological polar surface area (TPSA) is 148 Å². The van der Waals surface area contributed by atoms with Gasteiger partial charge in [-0.2, -0.15) is 0 Å². The number of nitrogens with zero attached hydrogens (tertiary/aromatic N) is 4. The molecule has 1 amide bonds. The van der Waals surface area contributed by atoms with Crippen LogP contribution in [-0.4, -0.2) is 60.5 Å². The first-order valence-electron chi connectivity index (χ1n) is 11.4. The molecule has 2 aromatic heterocycles. The first kappa shape index (κ1) is 22.9. The number of nitrogen functional groups attached to an aromatic ring is 1. The van der Waals surface area contributed by atoms with Crippen molar-refractivity contribution in [2.45, 2.75) is 37.9 Å². The summed E-state index contributed by atoms with van der Waals surface area (Å²) in [5, 5.41) is 23.9. The lowest BCUT2D eigenvalue weighted by atomic mass is 10.0. The normalized spacial score (nSPS) is 21.9. The van der Waals surface area contributed by atoms with Crippen LogP contribution in [0.25, 0.3) is 22.3 Å². The van der Waals surface area contributed by atoms with Gasteiger partial charge in [-0.25, -0.2) is 15.0 Å². The van der Waals surface area contributed by atoms with Gasteiger partial charge in [0.05, 0.1) is 6.33 Å². The molecule has 2 aromatic carbocycles. The Morgan fingerprint density at radius 2 is 1.71 bits per heavy atom. The van der Waals surface area contributed by atoms with E-state index in [9.17, 15) is 15.0 Å². The number of aryl methyl sites for hydroxylation is 1. The molecule has 1 saturated heterocycles. The van der Waals surface area contributed by atoms with E-state index in [0.717, 1.165) is 17.5 Å². The Balaban J connectivity index is 1.23. The molecule has 1 aliphatic rings. The van der Waals surface area contributed by atoms with E-state index >= 15 is 0 Å². The van der Waals surface area contributed by atoms with Gasteiger partial charge < -0.3 is 26.0 Å². The maximum Gasteiger partial charge on any atom is 0.251 e. The Kier molecular flexibility index (Phi) is 6.16. The lowest BCUT2D eigenvalue weighted by Crippen LogP contribution is -2.39. The molecule has 4 atom stereocenters. The molecular weight excluding hydrogens is 448 g/mol. The van der Waals surface area contributed by atoms with Crippen molar-refractivity contribution in [1.29, 1.82) is 0 Å². The Morgan fingerprint density at radius 3 is 2.40 bits per heavy atom. The zero-order valence-electron chi connectivity index (χ0n) is 19.1. The van der Waals surface area contributed by atoms with Gasteiger partial charge in [0.25, 0.3) is 5.91 Å². The fraction of sp³-hybridized carbons (Fsp3) is 0.280. The van der Waals surface area contributed by atoms with Crippen molar-refractivity contribution >= 4 is 22.9 Å². The summed E-state index contributed by atoms with van der Waals surface area (Å²) in [7, 11) is 0. The van der Waals surface area contributed by atoms with Crippen LogP contribution in [0.4, 0.5) is 5.82 Å². The second kappa shape index (κ2) is 9.41. The molecule has 1 fully saturated rings. The van der Waals surface area contributed by atoms with Gasteiger partial charge in [0.2, 0.25) is 0 Å². The molecule has 0 bridgehead atoms. The van der Waals surface area contributed by atoms with Crippen LogP contribution in [0.2, 0.25) is 0 Å². The van der Waals surface area contributed by atoms with E-state index in [-0.39, 0.29) is 18.3 Å². The van der Waals surface area contributed by atoms with E-state index in [2.05, 4.69) is 51.5 Å². The Morgan fingerprint density at radius 1 is 1.03 bits per heavy atom. The Hall–Kier alpha value is -3.86. The summed E-state index contributed by atoms with van der Waals surface area (Å²) in [5.74, 6) is -0.102. The smallest absolute Gasteiger partial charge is 0.251 e. The number of hydrogen-bond acceptors (Lipinski definition) is 8. The first-order chi connectivity index (χ1) is 17.0. The fourth-order valence-corrected chi connectivity index (χ4v) is 4.23. The maximum atomic E-state index is 12.7. The number of hydrogen-bond donors (Lipinski definition) is 4. The second-order valence-electron chi connectivity index (χ2n) is 8.47. The molecule has 0 radical (unpaired) electrons. The molecule has 35 heavy (non-hydrogen) atoms. The predicted octanol–water partition coefficient (Wildman–Crippen LogP) is 1.69. The molecule has 10 nitrogen and oxygen atoms in total. The number of imidazole rings is 1. The summed E-state index contributed by atoms with van der Waals surface area (Å²) in [6.45, 7) is 2.13. The molecule has 5 rings (SSSR count). The highest BCUT2D eigenvalue weighted by molar-refractivity contribution is 5.94. The van der Waals surface area contributed by atoms with Gasteiger partial charge in [0.15, 0.2) is 17.7 Å². The van der Waals surface area contributed by atoms with Crippen LogP contribution in [0.5, 0.6) is 0 Å². The highest BCUT2D eigenvalue weighted by atomic mass is 16.6. The zero-order valence-corrected chi connectivity index (χ0v) is 19.1. The first-order valence-corrected chi connectivity index (χ1v) is 11.4. The van der Waals surface area contributed by atoms with E-state index in [1.807, 2.05) is 12.1 Å². The minimum Gasteiger partial charge on any atom is -0.387 e. The van der Waals surface area contributed by atoms with E-state index in [1.165, 1.54) is 22.8 Å². The van der Waals surface area contributed by atoms with Gasteiger partial charge in [-0.05, 0) is 35.2 Å². The van der Waals surface area contributed by atoms with E-state index < -0.39 is 24.5 Å². The summed E-state index contributed by atoms with van der Waals surface area (Å²) in [4.78, 5) is 24.9. The Bertz CT molecular complexity index is 1340. The third kappa shape index (κ3) is 4.34. The van der Waals surface area contributed by atoms with Gasteiger partial charge in [0, 0.05) is 12.1 Å². The Labute approximate surface area is 201 Å². The number of aliphatic hydroxyl groups is 2. The number of carbonyl (C=O) groups excluding carboxylic acids is 1. The second-order valence-corrected chi connectivity index (χ2v) is 8.47. The van der Waals surface area contributed by atoms with Gasteiger partial charge in [-0.3, -0.25) is 9.36 Å². The number of ether oxygens (including phenoxy) is 1. The van der Waals surface area contributed by atoms with Crippen LogP contribution >= 0.6 is 0 Å². The molecule has 0 spiro atoms. The number of nitrogens with two attached hydrogens (primary N) is 1. The van der Waals surface area contributed by atoms with Gasteiger partial charge in [0.1, 0.15) is 30.2 Å². The SMILES string of the molecule is CCc1ccc(-c2ccc(C(=O)NCC3OC(n4cnc5c(N)ncnc54)C(O)C3O)cc2)cc1. The summed E-state index contributed by atoms with van der Waals surface area (Å²) < 4.78 is 7.36. The third-order valence-corrected chi connectivity index (χ3v) is 6.30. The minimum absolute atomic E-state index is 0.0115. The van der Waals surface area contributed by atoms with Crippen molar-refractivity contribution in [3.63, 3.8) is 0 Å². The number of nitrogens with one attached hydrogen (secondary N) is 1.